The van der Waals surface area contributed by atoms with E-state index in [1.165, 1.54) is 0 Å². The summed E-state index contributed by atoms with van der Waals surface area (Å²) in [6.07, 6.45) is 5.02. The first-order valence-corrected chi connectivity index (χ1v) is 4.52. The lowest BCUT2D eigenvalue weighted by Gasteiger charge is -2.01. The molecule has 0 amide bonds. The Hall–Kier alpha value is -1.52. The molecule has 1 aromatic rings. The molecule has 0 saturated heterocycles. The Morgan fingerprint density at radius 2 is 2.43 bits per heavy atom. The third-order valence-corrected chi connectivity index (χ3v) is 1.73. The molecule has 0 fully saturated rings. The predicted octanol–water partition coefficient (Wildman–Crippen LogP) is 1.05. The number of hydrogen-bond donors (Lipinski definition) is 1. The fourth-order valence-electron chi connectivity index (χ4n) is 1.04. The minimum atomic E-state index is -0.758. The lowest BCUT2D eigenvalue weighted by Crippen LogP contribution is -1.99. The van der Waals surface area contributed by atoms with E-state index >= 15 is 0 Å². The molecule has 0 atom stereocenters. The summed E-state index contributed by atoms with van der Waals surface area (Å²) in [7, 11) is 1.82. The van der Waals surface area contributed by atoms with Gasteiger partial charge in [-0.3, -0.25) is 9.48 Å². The first-order chi connectivity index (χ1) is 6.68. The smallest absolute Gasteiger partial charge is 0.303 e. The molecule has 14 heavy (non-hydrogen) atoms. The average Bonchev–Trinajstić information content (AvgIpc) is 2.50. The normalized spacial score (nSPS) is 10.1. The number of rotatable bonds is 6. The Morgan fingerprint density at radius 1 is 1.64 bits per heavy atom. The number of aromatic nitrogens is 2. The SMILES string of the molecule is Cn1cc(OCCCCC(=O)O)cn1. The van der Waals surface area contributed by atoms with Crippen molar-refractivity contribution in [3.63, 3.8) is 0 Å². The molecular weight excluding hydrogens is 184 g/mol. The van der Waals surface area contributed by atoms with Crippen molar-refractivity contribution in [3.8, 4) is 5.75 Å². The quantitative estimate of drug-likeness (QED) is 0.694. The highest BCUT2D eigenvalue weighted by molar-refractivity contribution is 5.66. The number of carboxylic acid groups (broad SMARTS) is 1. The molecule has 5 heteroatoms. The maximum atomic E-state index is 10.2. The third-order valence-electron chi connectivity index (χ3n) is 1.73. The lowest BCUT2D eigenvalue weighted by molar-refractivity contribution is -0.137. The summed E-state index contributed by atoms with van der Waals surface area (Å²) in [4.78, 5) is 10.2. The number of aliphatic carboxylic acids is 1. The van der Waals surface area contributed by atoms with E-state index in [0.29, 0.717) is 13.0 Å². The Kier molecular flexibility index (Phi) is 3.97. The van der Waals surface area contributed by atoms with Crippen LogP contribution in [0, 0.1) is 0 Å². The van der Waals surface area contributed by atoms with Crippen LogP contribution >= 0.6 is 0 Å². The zero-order valence-corrected chi connectivity index (χ0v) is 8.14. The van der Waals surface area contributed by atoms with Crippen molar-refractivity contribution >= 4 is 5.97 Å². The Labute approximate surface area is 82.3 Å². The van der Waals surface area contributed by atoms with Gasteiger partial charge < -0.3 is 9.84 Å². The van der Waals surface area contributed by atoms with Gasteiger partial charge in [0.15, 0.2) is 5.75 Å². The van der Waals surface area contributed by atoms with Crippen LogP contribution in [0.2, 0.25) is 0 Å². The fraction of sp³-hybridized carbons (Fsp3) is 0.556. The van der Waals surface area contributed by atoms with Crippen LogP contribution in [-0.2, 0) is 11.8 Å². The molecule has 0 aromatic carbocycles. The van der Waals surface area contributed by atoms with E-state index in [1.54, 1.807) is 17.1 Å². The van der Waals surface area contributed by atoms with Gasteiger partial charge in [-0.25, -0.2) is 0 Å². The van der Waals surface area contributed by atoms with Gasteiger partial charge in [0, 0.05) is 13.5 Å². The highest BCUT2D eigenvalue weighted by Crippen LogP contribution is 2.07. The molecule has 1 N–H and O–H groups in total. The van der Waals surface area contributed by atoms with Crippen LogP contribution in [0.15, 0.2) is 12.4 Å². The van der Waals surface area contributed by atoms with Gasteiger partial charge in [0.25, 0.3) is 0 Å². The summed E-state index contributed by atoms with van der Waals surface area (Å²) in [5, 5.41) is 12.3. The zero-order chi connectivity index (χ0) is 10.4. The molecule has 5 nitrogen and oxygen atoms in total. The number of carboxylic acids is 1. The molecule has 0 spiro atoms. The highest BCUT2D eigenvalue weighted by atomic mass is 16.5. The first kappa shape index (κ1) is 10.6. The highest BCUT2D eigenvalue weighted by Gasteiger charge is 1.98. The van der Waals surface area contributed by atoms with Crippen LogP contribution in [0.5, 0.6) is 5.75 Å². The van der Waals surface area contributed by atoms with Crippen LogP contribution < -0.4 is 4.74 Å². The van der Waals surface area contributed by atoms with Crippen molar-refractivity contribution in [3.05, 3.63) is 12.4 Å². The Balaban J connectivity index is 2.07. The van der Waals surface area contributed by atoms with E-state index in [0.717, 1.165) is 12.2 Å². The van der Waals surface area contributed by atoms with Crippen molar-refractivity contribution in [1.29, 1.82) is 0 Å². The number of hydrogen-bond acceptors (Lipinski definition) is 3. The van der Waals surface area contributed by atoms with Crippen molar-refractivity contribution in [2.45, 2.75) is 19.3 Å². The summed E-state index contributed by atoms with van der Waals surface area (Å²) in [5.74, 6) is -0.0331. The number of nitrogens with zero attached hydrogens (tertiary/aromatic N) is 2. The zero-order valence-electron chi connectivity index (χ0n) is 8.14. The number of ether oxygens (including phenoxy) is 1. The second kappa shape index (κ2) is 5.26. The molecule has 78 valence electrons. The molecule has 0 unspecified atom stereocenters. The van der Waals surface area contributed by atoms with Crippen molar-refractivity contribution in [2.75, 3.05) is 6.61 Å². The molecule has 1 rings (SSSR count). The molecule has 0 aliphatic heterocycles. The Bertz CT molecular complexity index is 296. The second-order valence-corrected chi connectivity index (χ2v) is 3.05. The molecule has 0 saturated carbocycles. The predicted molar refractivity (Wildman–Crippen MR) is 50.2 cm³/mol. The lowest BCUT2D eigenvalue weighted by atomic mass is 10.2. The van der Waals surface area contributed by atoms with E-state index in [2.05, 4.69) is 5.10 Å². The summed E-state index contributed by atoms with van der Waals surface area (Å²) < 4.78 is 6.99. The van der Waals surface area contributed by atoms with Gasteiger partial charge in [-0.05, 0) is 12.8 Å². The standard InChI is InChI=1S/C9H14N2O3/c1-11-7-8(6-10-11)14-5-3-2-4-9(12)13/h6-7H,2-5H2,1H3,(H,12,13). The van der Waals surface area contributed by atoms with E-state index in [-0.39, 0.29) is 6.42 Å². The largest absolute Gasteiger partial charge is 0.490 e. The molecule has 1 heterocycles. The van der Waals surface area contributed by atoms with Gasteiger partial charge in [-0.2, -0.15) is 5.10 Å². The minimum Gasteiger partial charge on any atom is -0.490 e. The Morgan fingerprint density at radius 3 is 3.00 bits per heavy atom. The van der Waals surface area contributed by atoms with E-state index < -0.39 is 5.97 Å². The summed E-state index contributed by atoms with van der Waals surface area (Å²) >= 11 is 0. The molecule has 0 bridgehead atoms. The van der Waals surface area contributed by atoms with Gasteiger partial charge in [0.2, 0.25) is 0 Å². The van der Waals surface area contributed by atoms with Crippen LogP contribution in [0.4, 0.5) is 0 Å². The van der Waals surface area contributed by atoms with E-state index in [1.807, 2.05) is 7.05 Å². The molecule has 0 aliphatic rings. The van der Waals surface area contributed by atoms with Crippen LogP contribution in [0.25, 0.3) is 0 Å². The van der Waals surface area contributed by atoms with Crippen LogP contribution in [0.3, 0.4) is 0 Å². The van der Waals surface area contributed by atoms with Gasteiger partial charge >= 0.3 is 5.97 Å². The average molecular weight is 198 g/mol. The van der Waals surface area contributed by atoms with Gasteiger partial charge in [0.05, 0.1) is 19.0 Å². The molecule has 1 aromatic heterocycles. The monoisotopic (exact) mass is 198 g/mol. The van der Waals surface area contributed by atoms with E-state index in [4.69, 9.17) is 9.84 Å². The fourth-order valence-corrected chi connectivity index (χ4v) is 1.04. The molecular formula is C9H14N2O3. The molecule has 0 radical (unpaired) electrons. The van der Waals surface area contributed by atoms with Gasteiger partial charge in [-0.15, -0.1) is 0 Å². The minimum absolute atomic E-state index is 0.205. The summed E-state index contributed by atoms with van der Waals surface area (Å²) in [5.41, 5.74) is 0. The maximum Gasteiger partial charge on any atom is 0.303 e. The summed E-state index contributed by atoms with van der Waals surface area (Å²) in [6, 6.07) is 0. The number of carbonyl (C=O) groups is 1. The molecule has 0 aliphatic carbocycles. The van der Waals surface area contributed by atoms with Crippen molar-refractivity contribution < 1.29 is 14.6 Å². The first-order valence-electron chi connectivity index (χ1n) is 4.52. The maximum absolute atomic E-state index is 10.2. The van der Waals surface area contributed by atoms with Gasteiger partial charge in [-0.1, -0.05) is 0 Å². The second-order valence-electron chi connectivity index (χ2n) is 3.05. The topological polar surface area (TPSA) is 64.3 Å². The van der Waals surface area contributed by atoms with Crippen LogP contribution in [0.1, 0.15) is 19.3 Å². The van der Waals surface area contributed by atoms with Gasteiger partial charge in [0.1, 0.15) is 0 Å². The number of aryl methyl sites for hydroxylation is 1. The van der Waals surface area contributed by atoms with Crippen molar-refractivity contribution in [1.82, 2.24) is 9.78 Å². The summed E-state index contributed by atoms with van der Waals surface area (Å²) in [6.45, 7) is 0.541. The van der Waals surface area contributed by atoms with E-state index in [9.17, 15) is 4.79 Å². The van der Waals surface area contributed by atoms with Crippen LogP contribution in [-0.4, -0.2) is 27.5 Å². The number of unbranched alkanes of at least 4 members (excludes halogenated alkanes) is 1. The van der Waals surface area contributed by atoms with Crippen molar-refractivity contribution in [2.24, 2.45) is 7.05 Å². The third kappa shape index (κ3) is 3.93.